The van der Waals surface area contributed by atoms with E-state index in [1.807, 2.05) is 19.9 Å². The molecule has 0 bridgehead atoms. The zero-order chi connectivity index (χ0) is 25.4. The third kappa shape index (κ3) is 4.90. The molecular formula is C26H23F3N4O3. The summed E-state index contributed by atoms with van der Waals surface area (Å²) in [5.41, 5.74) is 2.06. The van der Waals surface area contributed by atoms with Crippen molar-refractivity contribution in [2.75, 3.05) is 18.0 Å². The van der Waals surface area contributed by atoms with Crippen molar-refractivity contribution < 1.29 is 22.6 Å². The van der Waals surface area contributed by atoms with E-state index >= 15 is 0 Å². The van der Waals surface area contributed by atoms with Gasteiger partial charge in [-0.3, -0.25) is 9.36 Å². The van der Waals surface area contributed by atoms with Gasteiger partial charge in [-0.15, -0.1) is 13.2 Å². The van der Waals surface area contributed by atoms with Crippen LogP contribution in [0.4, 0.5) is 19.0 Å². The third-order valence-electron chi connectivity index (χ3n) is 5.94. The lowest BCUT2D eigenvalue weighted by Crippen LogP contribution is -2.45. The average Bonchev–Trinajstić information content (AvgIpc) is 2.83. The van der Waals surface area contributed by atoms with Gasteiger partial charge in [0.25, 0.3) is 5.56 Å². The first-order valence-corrected chi connectivity index (χ1v) is 11.4. The standard InChI is InChI=1S/C26H23F3N4O3/c1-16-13-32(14-17(2)35-16)23-12-19(10-11-30-23)33-15-31-24-21(4-3-5-22(24)25(33)34)18-6-8-20(9-7-18)36-26(27,28)29/h3-12,15-17H,13-14H2,1-2H3/t16-,17+. The lowest BCUT2D eigenvalue weighted by atomic mass is 10.0. The number of halogens is 3. The van der Waals surface area contributed by atoms with Crippen LogP contribution in [0, 0.1) is 0 Å². The lowest BCUT2D eigenvalue weighted by Gasteiger charge is -2.36. The number of aromatic nitrogens is 3. The lowest BCUT2D eigenvalue weighted by molar-refractivity contribution is -0.274. The molecule has 0 amide bonds. The van der Waals surface area contributed by atoms with Crippen LogP contribution in [0.3, 0.4) is 0 Å². The minimum atomic E-state index is -4.77. The number of anilines is 1. The summed E-state index contributed by atoms with van der Waals surface area (Å²) in [6.07, 6.45) is -1.52. The van der Waals surface area contributed by atoms with Crippen LogP contribution in [0.5, 0.6) is 5.75 Å². The summed E-state index contributed by atoms with van der Waals surface area (Å²) in [7, 11) is 0. The van der Waals surface area contributed by atoms with Crippen molar-refractivity contribution in [1.82, 2.24) is 14.5 Å². The van der Waals surface area contributed by atoms with Gasteiger partial charge in [-0.25, -0.2) is 9.97 Å². The SMILES string of the molecule is C[C@@H]1CN(c2cc(-n3cnc4c(-c5ccc(OC(F)(F)F)cc5)cccc4c3=O)ccn2)C[C@H](C)O1. The molecule has 36 heavy (non-hydrogen) atoms. The van der Waals surface area contributed by atoms with Gasteiger partial charge in [0, 0.05) is 30.9 Å². The summed E-state index contributed by atoms with van der Waals surface area (Å²) in [5.74, 6) is 0.427. The van der Waals surface area contributed by atoms with E-state index in [0.717, 1.165) is 5.82 Å². The Bertz CT molecular complexity index is 1440. The van der Waals surface area contributed by atoms with Gasteiger partial charge in [-0.2, -0.15) is 0 Å². The number of benzene rings is 2. The Morgan fingerprint density at radius 2 is 1.72 bits per heavy atom. The monoisotopic (exact) mass is 496 g/mol. The van der Waals surface area contributed by atoms with Crippen LogP contribution >= 0.6 is 0 Å². The summed E-state index contributed by atoms with van der Waals surface area (Å²) in [6, 6.07) is 14.2. The molecule has 2 aromatic carbocycles. The largest absolute Gasteiger partial charge is 0.573 e. The molecule has 1 saturated heterocycles. The van der Waals surface area contributed by atoms with Crippen molar-refractivity contribution in [2.24, 2.45) is 0 Å². The average molecular weight is 496 g/mol. The maximum absolute atomic E-state index is 13.4. The Kier molecular flexibility index (Phi) is 6.13. The molecule has 7 nitrogen and oxygen atoms in total. The predicted molar refractivity (Wildman–Crippen MR) is 129 cm³/mol. The minimum absolute atomic E-state index is 0.0665. The van der Waals surface area contributed by atoms with Gasteiger partial charge in [-0.1, -0.05) is 24.3 Å². The molecule has 10 heteroatoms. The number of nitrogens with zero attached hydrogens (tertiary/aromatic N) is 4. The topological polar surface area (TPSA) is 69.5 Å². The molecule has 1 aliphatic rings. The molecule has 0 spiro atoms. The van der Waals surface area contributed by atoms with Crippen molar-refractivity contribution in [1.29, 1.82) is 0 Å². The highest BCUT2D eigenvalue weighted by molar-refractivity contribution is 5.93. The molecular weight excluding hydrogens is 473 g/mol. The fourth-order valence-electron chi connectivity index (χ4n) is 4.50. The normalized spacial score (nSPS) is 18.4. The third-order valence-corrected chi connectivity index (χ3v) is 5.94. The van der Waals surface area contributed by atoms with E-state index in [0.29, 0.717) is 40.8 Å². The molecule has 0 saturated carbocycles. The van der Waals surface area contributed by atoms with E-state index in [1.54, 1.807) is 30.5 Å². The van der Waals surface area contributed by atoms with Gasteiger partial charge >= 0.3 is 6.36 Å². The molecule has 0 radical (unpaired) electrons. The molecule has 3 heterocycles. The van der Waals surface area contributed by atoms with Crippen molar-refractivity contribution in [3.8, 4) is 22.6 Å². The highest BCUT2D eigenvalue weighted by Crippen LogP contribution is 2.30. The van der Waals surface area contributed by atoms with Crippen LogP contribution in [0.15, 0.2) is 71.9 Å². The maximum Gasteiger partial charge on any atom is 0.573 e. The number of alkyl halides is 3. The van der Waals surface area contributed by atoms with Gasteiger partial charge in [0.1, 0.15) is 17.9 Å². The predicted octanol–water partition coefficient (Wildman–Crippen LogP) is 4.96. The molecule has 4 aromatic rings. The van der Waals surface area contributed by atoms with Crippen molar-refractivity contribution >= 4 is 16.7 Å². The fraction of sp³-hybridized carbons (Fsp3) is 0.269. The van der Waals surface area contributed by atoms with E-state index in [-0.39, 0.29) is 23.5 Å². The van der Waals surface area contributed by atoms with Crippen LogP contribution in [0.25, 0.3) is 27.7 Å². The van der Waals surface area contributed by atoms with Crippen LogP contribution in [-0.4, -0.2) is 46.2 Å². The van der Waals surface area contributed by atoms with Crippen LogP contribution in [0.2, 0.25) is 0 Å². The Morgan fingerprint density at radius 3 is 2.42 bits per heavy atom. The zero-order valence-corrected chi connectivity index (χ0v) is 19.6. The summed E-state index contributed by atoms with van der Waals surface area (Å²) >= 11 is 0. The molecule has 186 valence electrons. The number of fused-ring (bicyclic) bond motifs is 1. The van der Waals surface area contributed by atoms with Crippen molar-refractivity contribution in [3.05, 3.63) is 77.5 Å². The smallest absolute Gasteiger partial charge is 0.406 e. The first-order chi connectivity index (χ1) is 17.2. The number of para-hydroxylation sites is 1. The summed E-state index contributed by atoms with van der Waals surface area (Å²) < 4.78 is 48.6. The molecule has 2 atom stereocenters. The highest BCUT2D eigenvalue weighted by atomic mass is 19.4. The molecule has 0 N–H and O–H groups in total. The van der Waals surface area contributed by atoms with Gasteiger partial charge in [0.15, 0.2) is 0 Å². The Balaban J connectivity index is 1.50. The number of hydrogen-bond acceptors (Lipinski definition) is 6. The number of morpholine rings is 1. The van der Waals surface area contributed by atoms with E-state index < -0.39 is 6.36 Å². The maximum atomic E-state index is 13.4. The second-order valence-electron chi connectivity index (χ2n) is 8.73. The van der Waals surface area contributed by atoms with E-state index in [4.69, 9.17) is 4.74 Å². The van der Waals surface area contributed by atoms with Crippen molar-refractivity contribution in [2.45, 2.75) is 32.4 Å². The Labute approximate surface area is 204 Å². The molecule has 1 fully saturated rings. The Morgan fingerprint density at radius 1 is 1.00 bits per heavy atom. The highest BCUT2D eigenvalue weighted by Gasteiger charge is 2.31. The molecule has 5 rings (SSSR count). The van der Waals surface area contributed by atoms with E-state index in [1.165, 1.54) is 35.2 Å². The first-order valence-electron chi connectivity index (χ1n) is 11.4. The number of rotatable bonds is 4. The van der Waals surface area contributed by atoms with Gasteiger partial charge in [-0.05, 0) is 43.7 Å². The van der Waals surface area contributed by atoms with Gasteiger partial charge in [0.2, 0.25) is 0 Å². The molecule has 1 aliphatic heterocycles. The number of pyridine rings is 1. The number of hydrogen-bond donors (Lipinski definition) is 0. The van der Waals surface area contributed by atoms with E-state index in [2.05, 4.69) is 19.6 Å². The summed E-state index contributed by atoms with van der Waals surface area (Å²) in [4.78, 5) is 24.6. The quantitative estimate of drug-likeness (QED) is 0.398. The summed E-state index contributed by atoms with van der Waals surface area (Å²) in [6.45, 7) is 5.42. The molecule has 2 aromatic heterocycles. The number of ether oxygens (including phenoxy) is 2. The van der Waals surface area contributed by atoms with Crippen molar-refractivity contribution in [3.63, 3.8) is 0 Å². The molecule has 0 aliphatic carbocycles. The Hall–Kier alpha value is -3.92. The first kappa shape index (κ1) is 23.8. The fourth-order valence-corrected chi connectivity index (χ4v) is 4.50. The van der Waals surface area contributed by atoms with Gasteiger partial charge in [0.05, 0.1) is 28.8 Å². The van der Waals surface area contributed by atoms with Crippen LogP contribution < -0.4 is 15.2 Å². The zero-order valence-electron chi connectivity index (χ0n) is 19.6. The van der Waals surface area contributed by atoms with E-state index in [9.17, 15) is 18.0 Å². The second-order valence-corrected chi connectivity index (χ2v) is 8.73. The summed E-state index contributed by atoms with van der Waals surface area (Å²) in [5, 5.41) is 0.387. The molecule has 0 unspecified atom stereocenters. The van der Waals surface area contributed by atoms with Gasteiger partial charge < -0.3 is 14.4 Å². The second kappa shape index (κ2) is 9.27. The van der Waals surface area contributed by atoms with Crippen LogP contribution in [0.1, 0.15) is 13.8 Å². The minimum Gasteiger partial charge on any atom is -0.406 e. The van der Waals surface area contributed by atoms with Crippen LogP contribution in [-0.2, 0) is 4.74 Å².